The highest BCUT2D eigenvalue weighted by atomic mass is 35.5. The zero-order valence-electron chi connectivity index (χ0n) is 17.3. The van der Waals surface area contributed by atoms with Crippen LogP contribution >= 0.6 is 23.2 Å². The lowest BCUT2D eigenvalue weighted by Crippen LogP contribution is -2.47. The van der Waals surface area contributed by atoms with Crippen LogP contribution in [0.3, 0.4) is 0 Å². The molecule has 0 fully saturated rings. The van der Waals surface area contributed by atoms with Crippen LogP contribution in [0.2, 0.25) is 10.0 Å². The van der Waals surface area contributed by atoms with Gasteiger partial charge in [0.05, 0.1) is 34.5 Å². The lowest BCUT2D eigenvalue weighted by atomic mass is 10.3. The number of aromatic nitrogens is 2. The van der Waals surface area contributed by atoms with Crippen molar-refractivity contribution in [3.63, 3.8) is 0 Å². The Morgan fingerprint density at radius 2 is 1.91 bits per heavy atom. The Hall–Kier alpha value is -3.33. The number of hydrogen-bond donors (Lipinski definition) is 3. The molecule has 11 nitrogen and oxygen atoms in total. The highest BCUT2D eigenvalue weighted by Gasteiger charge is 2.21. The number of imide groups is 1. The molecule has 0 saturated heterocycles. The predicted octanol–water partition coefficient (Wildman–Crippen LogP) is 3.00. The summed E-state index contributed by atoms with van der Waals surface area (Å²) in [5, 5.41) is 15.4. The summed E-state index contributed by atoms with van der Waals surface area (Å²) < 4.78 is 11.5. The molecule has 0 spiro atoms. The number of carbonyl (C=O) groups excluding carboxylic acids is 2. The largest absolute Gasteiger partial charge is 0.450 e. The van der Waals surface area contributed by atoms with Crippen LogP contribution in [0, 0.1) is 11.3 Å². The van der Waals surface area contributed by atoms with E-state index in [1.807, 2.05) is 5.32 Å². The van der Waals surface area contributed by atoms with Crippen LogP contribution in [0.1, 0.15) is 26.8 Å². The highest BCUT2D eigenvalue weighted by molar-refractivity contribution is 6.37. The van der Waals surface area contributed by atoms with Gasteiger partial charge < -0.3 is 14.9 Å². The number of nitriles is 1. The number of alkyl carbamates (subject to hydrolysis) is 1. The fourth-order valence-electron chi connectivity index (χ4n) is 2.32. The van der Waals surface area contributed by atoms with E-state index in [0.717, 1.165) is 0 Å². The van der Waals surface area contributed by atoms with Gasteiger partial charge >= 0.3 is 6.09 Å². The van der Waals surface area contributed by atoms with Gasteiger partial charge in [0, 0.05) is 12.1 Å². The lowest BCUT2D eigenvalue weighted by Gasteiger charge is -2.16. The molecule has 32 heavy (non-hydrogen) atoms. The Kier molecular flexibility index (Phi) is 8.83. The summed E-state index contributed by atoms with van der Waals surface area (Å²) in [5.74, 6) is -0.708. The second-order valence-electron chi connectivity index (χ2n) is 6.46. The Balaban J connectivity index is 2.11. The van der Waals surface area contributed by atoms with Crippen LogP contribution in [0.15, 0.2) is 29.1 Å². The van der Waals surface area contributed by atoms with Crippen molar-refractivity contribution in [2.75, 3.05) is 12.0 Å². The van der Waals surface area contributed by atoms with Crippen LogP contribution in [-0.4, -0.2) is 34.4 Å². The van der Waals surface area contributed by atoms with Crippen molar-refractivity contribution in [2.24, 2.45) is 0 Å². The number of ether oxygens (including phenoxy) is 2. The molecule has 1 aromatic heterocycles. The van der Waals surface area contributed by atoms with Gasteiger partial charge in [-0.2, -0.15) is 5.26 Å². The van der Waals surface area contributed by atoms with Gasteiger partial charge in [-0.25, -0.2) is 14.9 Å². The third-order valence-electron chi connectivity index (χ3n) is 3.75. The molecule has 0 aliphatic heterocycles. The summed E-state index contributed by atoms with van der Waals surface area (Å²) in [4.78, 5) is 35.1. The molecular formula is C19H20Cl2N6O5. The monoisotopic (exact) mass is 482 g/mol. The van der Waals surface area contributed by atoms with E-state index in [0.29, 0.717) is 5.69 Å². The molecular weight excluding hydrogens is 463 g/mol. The number of rotatable bonds is 8. The normalized spacial score (nSPS) is 11.4. The van der Waals surface area contributed by atoms with Crippen LogP contribution in [0.4, 0.5) is 10.5 Å². The fourth-order valence-corrected chi connectivity index (χ4v) is 2.88. The quantitative estimate of drug-likeness (QED) is 0.482. The van der Waals surface area contributed by atoms with Crippen LogP contribution in [0.25, 0.3) is 0 Å². The Bertz CT molecular complexity index is 1080. The molecule has 0 aliphatic carbocycles. The second kappa shape index (κ2) is 11.3. The highest BCUT2D eigenvalue weighted by Crippen LogP contribution is 2.38. The number of benzene rings is 1. The third-order valence-corrected chi connectivity index (χ3v) is 4.31. The molecule has 2 rings (SSSR count). The van der Waals surface area contributed by atoms with E-state index in [1.54, 1.807) is 26.8 Å². The Morgan fingerprint density at radius 3 is 2.47 bits per heavy atom. The van der Waals surface area contributed by atoms with Gasteiger partial charge in [0.1, 0.15) is 0 Å². The summed E-state index contributed by atoms with van der Waals surface area (Å²) in [5.41, 5.74) is 5.08. The van der Waals surface area contributed by atoms with Crippen molar-refractivity contribution in [3.8, 4) is 17.7 Å². The number of halogens is 2. The van der Waals surface area contributed by atoms with Crippen LogP contribution in [0.5, 0.6) is 11.6 Å². The third kappa shape index (κ3) is 6.58. The van der Waals surface area contributed by atoms with E-state index < -0.39 is 18.0 Å². The van der Waals surface area contributed by atoms with Crippen LogP contribution < -0.4 is 26.5 Å². The van der Waals surface area contributed by atoms with E-state index in [1.165, 1.54) is 28.9 Å². The zero-order chi connectivity index (χ0) is 23.8. The average Bonchev–Trinajstić information content (AvgIpc) is 2.72. The molecule has 0 radical (unpaired) electrons. The number of nitrogens with one attached hydrogen (secondary N) is 3. The van der Waals surface area contributed by atoms with Crippen molar-refractivity contribution >= 4 is 40.9 Å². The first-order chi connectivity index (χ1) is 15.2. The maximum Gasteiger partial charge on any atom is 0.413 e. The maximum absolute atomic E-state index is 11.9. The minimum Gasteiger partial charge on any atom is -0.450 e. The molecule has 0 saturated carbocycles. The predicted molar refractivity (Wildman–Crippen MR) is 117 cm³/mol. The van der Waals surface area contributed by atoms with Gasteiger partial charge in [0.15, 0.2) is 11.8 Å². The van der Waals surface area contributed by atoms with Crippen molar-refractivity contribution in [1.82, 2.24) is 20.5 Å². The van der Waals surface area contributed by atoms with Crippen molar-refractivity contribution < 1.29 is 19.1 Å². The van der Waals surface area contributed by atoms with Crippen LogP contribution in [-0.2, 0) is 9.53 Å². The molecule has 1 unspecified atom stereocenters. The van der Waals surface area contributed by atoms with Crippen molar-refractivity contribution in [2.45, 2.75) is 32.9 Å². The minimum absolute atomic E-state index is 0.0709. The SMILES string of the molecule is CCOC(=O)NC(=O)C(C#N)NNc1cc(Cl)c(Oc2ccc(=O)n(C(C)C)n2)c(Cl)c1. The molecule has 1 aromatic carbocycles. The molecule has 0 aliphatic rings. The van der Waals surface area contributed by atoms with Gasteiger partial charge in [-0.05, 0) is 32.9 Å². The van der Waals surface area contributed by atoms with Crippen molar-refractivity contribution in [3.05, 3.63) is 44.7 Å². The van der Waals surface area contributed by atoms with Crippen molar-refractivity contribution in [1.29, 1.82) is 5.26 Å². The summed E-state index contributed by atoms with van der Waals surface area (Å²) in [7, 11) is 0. The fraction of sp³-hybridized carbons (Fsp3) is 0.316. The Labute approximate surface area is 193 Å². The van der Waals surface area contributed by atoms with E-state index in [-0.39, 0.29) is 39.9 Å². The topological polar surface area (TPSA) is 147 Å². The first kappa shape index (κ1) is 24.9. The van der Waals surface area contributed by atoms with E-state index >= 15 is 0 Å². The smallest absolute Gasteiger partial charge is 0.413 e. The van der Waals surface area contributed by atoms with Gasteiger partial charge in [-0.3, -0.25) is 14.9 Å². The molecule has 2 amide bonds. The van der Waals surface area contributed by atoms with E-state index in [9.17, 15) is 14.4 Å². The maximum atomic E-state index is 11.9. The second-order valence-corrected chi connectivity index (χ2v) is 7.27. The van der Waals surface area contributed by atoms with E-state index in [2.05, 4.69) is 20.7 Å². The molecule has 170 valence electrons. The number of hydrazine groups is 1. The van der Waals surface area contributed by atoms with Gasteiger partial charge in [-0.15, -0.1) is 5.10 Å². The summed E-state index contributed by atoms with van der Waals surface area (Å²) in [6.07, 6.45) is -0.968. The molecule has 2 aromatic rings. The zero-order valence-corrected chi connectivity index (χ0v) is 18.8. The molecule has 13 heteroatoms. The van der Waals surface area contributed by atoms with E-state index in [4.69, 9.17) is 33.2 Å². The number of anilines is 1. The summed E-state index contributed by atoms with van der Waals surface area (Å²) in [6, 6.07) is 5.64. The van der Waals surface area contributed by atoms with Gasteiger partial charge in [-0.1, -0.05) is 23.2 Å². The first-order valence-electron chi connectivity index (χ1n) is 9.31. The molecule has 3 N–H and O–H groups in total. The first-order valence-corrected chi connectivity index (χ1v) is 10.1. The number of carbonyl (C=O) groups is 2. The van der Waals surface area contributed by atoms with Gasteiger partial charge in [0.25, 0.3) is 11.5 Å². The standard InChI is InChI=1S/C19H20Cl2N6O5/c1-4-31-19(30)23-18(29)14(9-22)25-24-11-7-12(20)17(13(21)8-11)32-15-5-6-16(28)27(26-15)10(2)3/h5-8,10,14,24-25H,4H2,1-3H3,(H,23,29,30). The molecule has 1 heterocycles. The Morgan fingerprint density at radius 1 is 1.25 bits per heavy atom. The lowest BCUT2D eigenvalue weighted by molar-refractivity contribution is -0.121. The van der Waals surface area contributed by atoms with Gasteiger partial charge in [0.2, 0.25) is 5.88 Å². The number of amides is 2. The number of hydrogen-bond acceptors (Lipinski definition) is 9. The minimum atomic E-state index is -1.42. The average molecular weight is 483 g/mol. The summed E-state index contributed by atoms with van der Waals surface area (Å²) >= 11 is 12.5. The molecule has 0 bridgehead atoms. The summed E-state index contributed by atoms with van der Waals surface area (Å²) in [6.45, 7) is 5.24. The number of nitrogens with zero attached hydrogens (tertiary/aromatic N) is 3. The molecule has 1 atom stereocenters.